The van der Waals surface area contributed by atoms with Crippen LogP contribution in [0.25, 0.3) is 0 Å². The Morgan fingerprint density at radius 2 is 1.65 bits per heavy atom. The fourth-order valence-electron chi connectivity index (χ4n) is 1.00. The maximum absolute atomic E-state index is 10.8. The highest BCUT2D eigenvalue weighted by Crippen LogP contribution is 2.01. The molecule has 0 spiro atoms. The number of aliphatic carboxylic acids is 3. The van der Waals surface area contributed by atoms with Gasteiger partial charge in [0.25, 0.3) is 0 Å². The molecule has 98 valence electrons. The summed E-state index contributed by atoms with van der Waals surface area (Å²) in [5.41, 5.74) is 4.67. The average Bonchev–Trinajstić information content (AvgIpc) is 2.21. The Hall–Kier alpha value is -1.67. The molecule has 0 saturated carbocycles. The predicted octanol–water partition coefficient (Wildman–Crippen LogP) is -0.738. The number of carbonyl (C=O) groups is 3. The highest BCUT2D eigenvalue weighted by molar-refractivity contribution is 5.74. The Kier molecular flexibility index (Phi) is 6.83. The van der Waals surface area contributed by atoms with Crippen LogP contribution in [0.4, 0.5) is 0 Å². The van der Waals surface area contributed by atoms with Crippen LogP contribution < -0.4 is 10.9 Å². The molecule has 0 aromatic carbocycles. The monoisotopic (exact) mass is 248 g/mol. The molecule has 0 heterocycles. The summed E-state index contributed by atoms with van der Waals surface area (Å²) >= 11 is 0. The van der Waals surface area contributed by atoms with Crippen LogP contribution in [-0.2, 0) is 14.4 Å². The molecular weight excluding hydrogens is 232 g/mol. The third kappa shape index (κ3) is 7.25. The smallest absolute Gasteiger partial charge is 0.322 e. The normalized spacial score (nSPS) is 13.9. The van der Waals surface area contributed by atoms with Crippen molar-refractivity contribution in [1.82, 2.24) is 10.9 Å². The number of carboxylic acid groups (broad SMARTS) is 3. The van der Waals surface area contributed by atoms with Crippen molar-refractivity contribution in [3.05, 3.63) is 0 Å². The van der Waals surface area contributed by atoms with E-state index in [0.29, 0.717) is 0 Å². The van der Waals surface area contributed by atoms with Gasteiger partial charge in [0.1, 0.15) is 12.1 Å². The molecule has 0 amide bonds. The first kappa shape index (κ1) is 15.3. The summed E-state index contributed by atoms with van der Waals surface area (Å²) in [6.45, 7) is 1.35. The minimum Gasteiger partial charge on any atom is -0.481 e. The Morgan fingerprint density at radius 3 is 2.06 bits per heavy atom. The zero-order valence-corrected chi connectivity index (χ0v) is 9.34. The van der Waals surface area contributed by atoms with Crippen molar-refractivity contribution in [2.75, 3.05) is 0 Å². The van der Waals surface area contributed by atoms with Crippen LogP contribution in [0.15, 0.2) is 0 Å². The topological polar surface area (TPSA) is 136 Å². The van der Waals surface area contributed by atoms with E-state index >= 15 is 0 Å². The Morgan fingerprint density at radius 1 is 1.06 bits per heavy atom. The van der Waals surface area contributed by atoms with E-state index < -0.39 is 30.0 Å². The van der Waals surface area contributed by atoms with Crippen LogP contribution in [-0.4, -0.2) is 45.3 Å². The molecule has 0 fully saturated rings. The molecule has 0 rings (SSSR count). The predicted molar refractivity (Wildman–Crippen MR) is 56.3 cm³/mol. The van der Waals surface area contributed by atoms with Crippen LogP contribution in [0.3, 0.4) is 0 Å². The highest BCUT2D eigenvalue weighted by atomic mass is 16.4. The van der Waals surface area contributed by atoms with E-state index in [-0.39, 0.29) is 19.3 Å². The van der Waals surface area contributed by atoms with Gasteiger partial charge < -0.3 is 15.3 Å². The minimum absolute atomic E-state index is 0.0982. The van der Waals surface area contributed by atoms with Crippen molar-refractivity contribution in [2.45, 2.75) is 38.3 Å². The van der Waals surface area contributed by atoms with Gasteiger partial charge in [-0.1, -0.05) is 0 Å². The van der Waals surface area contributed by atoms with Gasteiger partial charge in [0, 0.05) is 6.42 Å². The first-order chi connectivity index (χ1) is 7.84. The molecule has 0 radical (unpaired) electrons. The van der Waals surface area contributed by atoms with E-state index in [9.17, 15) is 14.4 Å². The fourth-order valence-corrected chi connectivity index (χ4v) is 1.00. The largest absolute Gasteiger partial charge is 0.481 e. The van der Waals surface area contributed by atoms with Crippen LogP contribution in [0.5, 0.6) is 0 Å². The van der Waals surface area contributed by atoms with E-state index in [0.717, 1.165) is 0 Å². The average molecular weight is 248 g/mol. The van der Waals surface area contributed by atoms with Crippen molar-refractivity contribution in [3.63, 3.8) is 0 Å². The molecule has 0 aliphatic rings. The Labute approximate surface area is 97.6 Å². The second kappa shape index (κ2) is 7.58. The standard InChI is InChI=1S/C9H16N2O6/c1-5(8(14)15)10-11-6(9(16)17)3-2-4-7(12)13/h5-6,10-11H,2-4H2,1H3,(H,12,13)(H,14,15)(H,16,17)/t5-,6?/m0/s1. The minimum atomic E-state index is -1.17. The van der Waals surface area contributed by atoms with Gasteiger partial charge in [-0.2, -0.15) is 0 Å². The number of hydrazine groups is 1. The van der Waals surface area contributed by atoms with Crippen molar-refractivity contribution in [3.8, 4) is 0 Å². The summed E-state index contributed by atoms with van der Waals surface area (Å²) < 4.78 is 0. The van der Waals surface area contributed by atoms with E-state index in [4.69, 9.17) is 15.3 Å². The number of carboxylic acids is 3. The number of hydrogen-bond donors (Lipinski definition) is 5. The number of rotatable bonds is 9. The van der Waals surface area contributed by atoms with E-state index in [1.54, 1.807) is 0 Å². The van der Waals surface area contributed by atoms with Gasteiger partial charge in [-0.3, -0.25) is 14.4 Å². The Balaban J connectivity index is 4.03. The zero-order valence-electron chi connectivity index (χ0n) is 9.34. The van der Waals surface area contributed by atoms with Crippen molar-refractivity contribution < 1.29 is 29.7 Å². The van der Waals surface area contributed by atoms with E-state index in [2.05, 4.69) is 10.9 Å². The van der Waals surface area contributed by atoms with E-state index in [1.165, 1.54) is 6.92 Å². The molecule has 0 aromatic heterocycles. The van der Waals surface area contributed by atoms with Gasteiger partial charge in [0.05, 0.1) is 0 Å². The number of nitrogens with one attached hydrogen (secondary N) is 2. The van der Waals surface area contributed by atoms with Gasteiger partial charge in [-0.25, -0.2) is 10.9 Å². The third-order valence-electron chi connectivity index (χ3n) is 2.03. The zero-order chi connectivity index (χ0) is 13.4. The van der Waals surface area contributed by atoms with Gasteiger partial charge >= 0.3 is 17.9 Å². The summed E-state index contributed by atoms with van der Waals surface area (Å²) in [7, 11) is 0. The summed E-state index contributed by atoms with van der Waals surface area (Å²) in [4.78, 5) is 31.5. The second-order valence-electron chi connectivity index (χ2n) is 3.53. The molecule has 1 unspecified atom stereocenters. The maximum atomic E-state index is 10.8. The molecule has 2 atom stereocenters. The summed E-state index contributed by atoms with van der Waals surface area (Å²) in [6, 6.07) is -1.95. The highest BCUT2D eigenvalue weighted by Gasteiger charge is 2.19. The Bertz CT molecular complexity index is 293. The maximum Gasteiger partial charge on any atom is 0.322 e. The molecule has 8 nitrogen and oxygen atoms in total. The van der Waals surface area contributed by atoms with Gasteiger partial charge in [0.2, 0.25) is 0 Å². The lowest BCUT2D eigenvalue weighted by molar-refractivity contribution is -0.143. The molecule has 17 heavy (non-hydrogen) atoms. The fraction of sp³-hybridized carbons (Fsp3) is 0.667. The lowest BCUT2D eigenvalue weighted by Gasteiger charge is -2.17. The molecule has 0 aliphatic carbocycles. The first-order valence-corrected chi connectivity index (χ1v) is 5.03. The molecule has 0 aliphatic heterocycles. The molecular formula is C9H16N2O6. The summed E-state index contributed by atoms with van der Waals surface area (Å²) in [5.74, 6) is -3.28. The van der Waals surface area contributed by atoms with Gasteiger partial charge in [0.15, 0.2) is 0 Å². The van der Waals surface area contributed by atoms with Crippen LogP contribution in [0.1, 0.15) is 26.2 Å². The third-order valence-corrected chi connectivity index (χ3v) is 2.03. The quantitative estimate of drug-likeness (QED) is 0.337. The molecule has 0 bridgehead atoms. The molecule has 0 aromatic rings. The van der Waals surface area contributed by atoms with Gasteiger partial charge in [-0.05, 0) is 19.8 Å². The number of hydrogen-bond acceptors (Lipinski definition) is 5. The van der Waals surface area contributed by atoms with Crippen molar-refractivity contribution >= 4 is 17.9 Å². The second-order valence-corrected chi connectivity index (χ2v) is 3.53. The van der Waals surface area contributed by atoms with Crippen molar-refractivity contribution in [2.24, 2.45) is 0 Å². The summed E-state index contributed by atoms with van der Waals surface area (Å²) in [6.07, 6.45) is 0.170. The summed E-state index contributed by atoms with van der Waals surface area (Å²) in [5, 5.41) is 25.7. The molecule has 8 heteroatoms. The van der Waals surface area contributed by atoms with Crippen LogP contribution >= 0.6 is 0 Å². The lowest BCUT2D eigenvalue weighted by atomic mass is 10.1. The first-order valence-electron chi connectivity index (χ1n) is 5.03. The van der Waals surface area contributed by atoms with Crippen LogP contribution in [0.2, 0.25) is 0 Å². The van der Waals surface area contributed by atoms with E-state index in [1.807, 2.05) is 0 Å². The lowest BCUT2D eigenvalue weighted by Crippen LogP contribution is -2.51. The molecule has 5 N–H and O–H groups in total. The van der Waals surface area contributed by atoms with Crippen LogP contribution in [0, 0.1) is 0 Å². The SMILES string of the molecule is C[C@H](NNC(CCCC(=O)O)C(=O)O)C(=O)O. The van der Waals surface area contributed by atoms with Gasteiger partial charge in [-0.15, -0.1) is 0 Å². The van der Waals surface area contributed by atoms with Crippen molar-refractivity contribution in [1.29, 1.82) is 0 Å². The molecule has 0 saturated heterocycles.